The summed E-state index contributed by atoms with van der Waals surface area (Å²) < 4.78 is 17.6. The van der Waals surface area contributed by atoms with E-state index in [9.17, 15) is 4.79 Å². The Morgan fingerprint density at radius 1 is 0.625 bits per heavy atom. The Bertz CT molecular complexity index is 1620. The summed E-state index contributed by atoms with van der Waals surface area (Å²) in [5.41, 5.74) is 7.79. The van der Waals surface area contributed by atoms with Crippen LogP contribution < -0.4 is 0 Å². The van der Waals surface area contributed by atoms with E-state index in [2.05, 4.69) is 86.2 Å². The molecule has 0 radical (unpaired) electrons. The van der Waals surface area contributed by atoms with Crippen molar-refractivity contribution in [1.82, 2.24) is 9.97 Å². The zero-order valence-electron chi connectivity index (χ0n) is 35.3. The summed E-state index contributed by atoms with van der Waals surface area (Å²) in [6.07, 6.45) is 25.1. The Hall–Kier alpha value is -3.87. The standard InChI is InChI=1S/C31H44O4.C19H26N2/c1-4-6-8-10-12-25-13-15-26(16-14-25)27-17-19-28(20-18-27)31(32)35-30-22-21-29(24(3)34-30)33-23-11-9-7-5-2;1-3-4-5-6-7-8-9-17-14-20-19(21-15-17)18-12-10-16(2)11-13-18/h13-20,24,29-30H,4-12,21-23H2,1-3H3;10-15H,3-9H2,1-2H3. The molecule has 1 aliphatic heterocycles. The maximum Gasteiger partial charge on any atom is 0.340 e. The van der Waals surface area contributed by atoms with Crippen LogP contribution in [0.3, 0.4) is 0 Å². The topological polar surface area (TPSA) is 70.5 Å². The van der Waals surface area contributed by atoms with Crippen LogP contribution in [0.2, 0.25) is 0 Å². The van der Waals surface area contributed by atoms with Crippen LogP contribution in [0, 0.1) is 6.92 Å². The molecule has 56 heavy (non-hydrogen) atoms. The maximum atomic E-state index is 12.7. The number of unbranched alkanes of at least 4 members (excludes halogenated alkanes) is 11. The van der Waals surface area contributed by atoms with Crippen LogP contribution >= 0.6 is 0 Å². The third kappa shape index (κ3) is 16.3. The number of esters is 1. The molecule has 0 bridgehead atoms. The number of nitrogens with zero attached hydrogens (tertiary/aromatic N) is 2. The Morgan fingerprint density at radius 3 is 1.75 bits per heavy atom. The predicted molar refractivity (Wildman–Crippen MR) is 232 cm³/mol. The molecule has 0 amide bonds. The lowest BCUT2D eigenvalue weighted by Gasteiger charge is -2.34. The SMILES string of the molecule is CCCCCCCCc1cnc(-c2ccc(C)cc2)nc1.CCCCCCOC1CCC(OC(=O)c2ccc(-c3ccc(CCCCCC)cc3)cc2)OC1C. The van der Waals surface area contributed by atoms with E-state index in [1.807, 2.05) is 43.6 Å². The van der Waals surface area contributed by atoms with Gasteiger partial charge < -0.3 is 14.2 Å². The first-order valence-electron chi connectivity index (χ1n) is 22.0. The molecule has 2 heterocycles. The minimum Gasteiger partial charge on any atom is -0.432 e. The third-order valence-corrected chi connectivity index (χ3v) is 10.7. The Morgan fingerprint density at radius 2 is 1.14 bits per heavy atom. The highest BCUT2D eigenvalue weighted by Gasteiger charge is 2.31. The van der Waals surface area contributed by atoms with Gasteiger partial charge in [-0.3, -0.25) is 0 Å². The van der Waals surface area contributed by atoms with Gasteiger partial charge in [-0.2, -0.15) is 0 Å². The highest BCUT2D eigenvalue weighted by Crippen LogP contribution is 2.26. The van der Waals surface area contributed by atoms with Crippen LogP contribution in [0.15, 0.2) is 85.2 Å². The van der Waals surface area contributed by atoms with E-state index in [0.29, 0.717) is 12.0 Å². The third-order valence-electron chi connectivity index (χ3n) is 10.7. The van der Waals surface area contributed by atoms with Gasteiger partial charge >= 0.3 is 5.97 Å². The van der Waals surface area contributed by atoms with E-state index >= 15 is 0 Å². The van der Waals surface area contributed by atoms with E-state index in [1.54, 1.807) is 0 Å². The molecule has 4 aromatic rings. The number of aryl methyl sites for hydroxylation is 3. The summed E-state index contributed by atoms with van der Waals surface area (Å²) in [7, 11) is 0. The Balaban J connectivity index is 0.000000282. The minimum atomic E-state index is -0.512. The van der Waals surface area contributed by atoms with Crippen molar-refractivity contribution in [1.29, 1.82) is 0 Å². The number of carbonyl (C=O) groups excluding carboxylic acids is 1. The zero-order valence-corrected chi connectivity index (χ0v) is 35.3. The van der Waals surface area contributed by atoms with Gasteiger partial charge in [0.1, 0.15) is 0 Å². The van der Waals surface area contributed by atoms with Crippen molar-refractivity contribution < 1.29 is 19.0 Å². The lowest BCUT2D eigenvalue weighted by Crippen LogP contribution is -2.40. The first-order valence-corrected chi connectivity index (χ1v) is 22.0. The van der Waals surface area contributed by atoms with Crippen molar-refractivity contribution in [3.05, 3.63) is 107 Å². The second-order valence-corrected chi connectivity index (χ2v) is 15.6. The number of ether oxygens (including phenoxy) is 3. The summed E-state index contributed by atoms with van der Waals surface area (Å²) in [5.74, 6) is 0.483. The van der Waals surface area contributed by atoms with Gasteiger partial charge in [0, 0.05) is 31.0 Å². The number of aromatic nitrogens is 2. The summed E-state index contributed by atoms with van der Waals surface area (Å²) in [4.78, 5) is 21.7. The van der Waals surface area contributed by atoms with Crippen molar-refractivity contribution in [3.63, 3.8) is 0 Å². The Labute approximate surface area is 339 Å². The van der Waals surface area contributed by atoms with Crippen molar-refractivity contribution in [3.8, 4) is 22.5 Å². The van der Waals surface area contributed by atoms with Crippen LogP contribution in [0.5, 0.6) is 0 Å². The van der Waals surface area contributed by atoms with E-state index in [-0.39, 0.29) is 18.2 Å². The van der Waals surface area contributed by atoms with Gasteiger partial charge in [0.05, 0.1) is 17.8 Å². The quantitative estimate of drug-likeness (QED) is 0.0586. The molecule has 5 rings (SSSR count). The molecule has 1 fully saturated rings. The van der Waals surface area contributed by atoms with E-state index in [1.165, 1.54) is 100 Å². The molecule has 6 nitrogen and oxygen atoms in total. The summed E-state index contributed by atoms with van der Waals surface area (Å²) in [5, 5.41) is 0. The number of hydrogen-bond acceptors (Lipinski definition) is 6. The minimum absolute atomic E-state index is 0.0774. The van der Waals surface area contributed by atoms with E-state index < -0.39 is 6.29 Å². The van der Waals surface area contributed by atoms with Gasteiger partial charge in [0.15, 0.2) is 5.82 Å². The average molecular weight is 763 g/mol. The van der Waals surface area contributed by atoms with Crippen molar-refractivity contribution in [2.45, 2.75) is 169 Å². The first-order chi connectivity index (χ1) is 27.4. The molecule has 304 valence electrons. The summed E-state index contributed by atoms with van der Waals surface area (Å²) in [6, 6.07) is 24.8. The van der Waals surface area contributed by atoms with Gasteiger partial charge in [0.2, 0.25) is 6.29 Å². The Kier molecular flexibility index (Phi) is 20.9. The van der Waals surface area contributed by atoms with Gasteiger partial charge in [-0.1, -0.05) is 158 Å². The van der Waals surface area contributed by atoms with Gasteiger partial charge in [-0.15, -0.1) is 0 Å². The first kappa shape index (κ1) is 44.8. The molecule has 0 spiro atoms. The average Bonchev–Trinajstić information content (AvgIpc) is 3.22. The van der Waals surface area contributed by atoms with Crippen LogP contribution in [-0.4, -0.2) is 41.0 Å². The van der Waals surface area contributed by atoms with Crippen molar-refractivity contribution >= 4 is 5.97 Å². The molecule has 0 N–H and O–H groups in total. The fraction of sp³-hybridized carbons (Fsp3) is 0.540. The monoisotopic (exact) mass is 763 g/mol. The van der Waals surface area contributed by atoms with Crippen LogP contribution in [0.25, 0.3) is 22.5 Å². The molecule has 0 saturated carbocycles. The number of rotatable bonds is 22. The largest absolute Gasteiger partial charge is 0.432 e. The molecule has 3 atom stereocenters. The molecule has 3 unspecified atom stereocenters. The molecular formula is C50H70N2O4. The summed E-state index contributed by atoms with van der Waals surface area (Å²) >= 11 is 0. The zero-order chi connectivity index (χ0) is 39.8. The van der Waals surface area contributed by atoms with E-state index in [4.69, 9.17) is 14.2 Å². The van der Waals surface area contributed by atoms with Gasteiger partial charge in [-0.05, 0) is 86.8 Å². The molecule has 0 aliphatic carbocycles. The smallest absolute Gasteiger partial charge is 0.340 e. The van der Waals surface area contributed by atoms with Crippen molar-refractivity contribution in [2.24, 2.45) is 0 Å². The molecule has 3 aromatic carbocycles. The highest BCUT2D eigenvalue weighted by atomic mass is 16.7. The summed E-state index contributed by atoms with van der Waals surface area (Å²) in [6.45, 7) is 11.6. The normalized spacial score (nSPS) is 16.6. The molecule has 1 aromatic heterocycles. The number of carbonyl (C=O) groups is 1. The van der Waals surface area contributed by atoms with Crippen LogP contribution in [0.4, 0.5) is 0 Å². The van der Waals surface area contributed by atoms with Crippen LogP contribution in [-0.2, 0) is 27.1 Å². The molecule has 1 saturated heterocycles. The second-order valence-electron chi connectivity index (χ2n) is 15.6. The number of benzene rings is 3. The number of hydrogen-bond donors (Lipinski definition) is 0. The van der Waals surface area contributed by atoms with Gasteiger partial charge in [0.25, 0.3) is 0 Å². The fourth-order valence-electron chi connectivity index (χ4n) is 7.05. The van der Waals surface area contributed by atoms with Crippen molar-refractivity contribution in [2.75, 3.05) is 6.61 Å². The molecular weight excluding hydrogens is 693 g/mol. The second kappa shape index (κ2) is 26.1. The lowest BCUT2D eigenvalue weighted by molar-refractivity contribution is -0.204. The van der Waals surface area contributed by atoms with E-state index in [0.717, 1.165) is 54.8 Å². The van der Waals surface area contributed by atoms with Gasteiger partial charge in [-0.25, -0.2) is 14.8 Å². The lowest BCUT2D eigenvalue weighted by atomic mass is 10.0. The molecule has 6 heteroatoms. The molecule has 1 aliphatic rings. The predicted octanol–water partition coefficient (Wildman–Crippen LogP) is 13.5. The maximum absolute atomic E-state index is 12.7. The van der Waals surface area contributed by atoms with Crippen LogP contribution in [0.1, 0.15) is 157 Å². The fourth-order valence-corrected chi connectivity index (χ4v) is 7.05. The highest BCUT2D eigenvalue weighted by molar-refractivity contribution is 5.90.